The number of carbonyl (C=O) groups excluding carboxylic acids is 1. The summed E-state index contributed by atoms with van der Waals surface area (Å²) in [6.45, 7) is 3.84. The van der Waals surface area contributed by atoms with Gasteiger partial charge in [0.15, 0.2) is 0 Å². The fraction of sp³-hybridized carbons (Fsp3) is 0.0741. The Morgan fingerprint density at radius 3 is 2.11 bits per heavy atom. The van der Waals surface area contributed by atoms with E-state index in [-0.39, 0.29) is 15.5 Å². The smallest absolute Gasteiger partial charge is 0.263 e. The van der Waals surface area contributed by atoms with E-state index in [9.17, 15) is 13.2 Å². The second-order valence-corrected chi connectivity index (χ2v) is 10.0. The molecule has 178 valence electrons. The SMILES string of the molecule is Cc1ccc(NS(=O)(=O)c2cc(C(=O)Nc3ccc(Oc4ccccc4)cc3)ccc2Cl)cc1C. The van der Waals surface area contributed by atoms with Crippen LogP contribution >= 0.6 is 11.6 Å². The van der Waals surface area contributed by atoms with Gasteiger partial charge in [0.2, 0.25) is 0 Å². The zero-order valence-corrected chi connectivity index (χ0v) is 20.7. The Morgan fingerprint density at radius 1 is 0.771 bits per heavy atom. The topological polar surface area (TPSA) is 84.5 Å². The predicted molar refractivity (Wildman–Crippen MR) is 139 cm³/mol. The normalized spacial score (nSPS) is 11.1. The molecule has 1 amide bonds. The minimum Gasteiger partial charge on any atom is -0.457 e. The number of nitrogens with one attached hydrogen (secondary N) is 2. The van der Waals surface area contributed by atoms with Crippen molar-refractivity contribution in [3.8, 4) is 11.5 Å². The third-order valence-corrected chi connectivity index (χ3v) is 7.20. The van der Waals surface area contributed by atoms with E-state index in [4.69, 9.17) is 16.3 Å². The maximum atomic E-state index is 13.0. The van der Waals surface area contributed by atoms with Gasteiger partial charge in [0.05, 0.1) is 5.02 Å². The summed E-state index contributed by atoms with van der Waals surface area (Å²) in [7, 11) is -4.02. The highest BCUT2D eigenvalue weighted by atomic mass is 35.5. The van der Waals surface area contributed by atoms with Crippen LogP contribution < -0.4 is 14.8 Å². The van der Waals surface area contributed by atoms with Gasteiger partial charge < -0.3 is 10.1 Å². The first-order valence-corrected chi connectivity index (χ1v) is 12.6. The van der Waals surface area contributed by atoms with Crippen LogP contribution in [0.2, 0.25) is 5.02 Å². The Kier molecular flexibility index (Phi) is 7.10. The highest BCUT2D eigenvalue weighted by Gasteiger charge is 2.21. The monoisotopic (exact) mass is 506 g/mol. The maximum Gasteiger partial charge on any atom is 0.263 e. The largest absolute Gasteiger partial charge is 0.457 e. The van der Waals surface area contributed by atoms with Crippen molar-refractivity contribution >= 4 is 38.9 Å². The standard InChI is InChI=1S/C27H23ClN2O4S/c1-18-8-10-22(16-19(18)2)30-35(32,33)26-17-20(9-15-25(26)28)27(31)29-21-11-13-24(14-12-21)34-23-6-4-3-5-7-23/h3-17,30H,1-2H3,(H,29,31). The van der Waals surface area contributed by atoms with Crippen molar-refractivity contribution in [1.82, 2.24) is 0 Å². The Hall–Kier alpha value is -3.81. The van der Waals surface area contributed by atoms with Crippen molar-refractivity contribution in [3.05, 3.63) is 113 Å². The van der Waals surface area contributed by atoms with Gasteiger partial charge in [0.25, 0.3) is 15.9 Å². The Balaban J connectivity index is 1.49. The average molecular weight is 507 g/mol. The van der Waals surface area contributed by atoms with Crippen molar-refractivity contribution in [2.45, 2.75) is 18.7 Å². The summed E-state index contributed by atoms with van der Waals surface area (Å²) in [6.07, 6.45) is 0. The van der Waals surface area contributed by atoms with E-state index in [0.717, 1.165) is 11.1 Å². The van der Waals surface area contributed by atoms with Crippen LogP contribution in [0.5, 0.6) is 11.5 Å². The average Bonchev–Trinajstić information content (AvgIpc) is 2.83. The molecule has 0 saturated heterocycles. The molecule has 0 aromatic heterocycles. The number of halogens is 1. The quantitative estimate of drug-likeness (QED) is 0.288. The molecule has 0 aliphatic carbocycles. The van der Waals surface area contributed by atoms with Crippen LogP contribution in [0.4, 0.5) is 11.4 Å². The van der Waals surface area contributed by atoms with Gasteiger partial charge in [-0.05, 0) is 91.7 Å². The summed E-state index contributed by atoms with van der Waals surface area (Å²) < 4.78 is 34.3. The third-order valence-electron chi connectivity index (χ3n) is 5.33. The van der Waals surface area contributed by atoms with Gasteiger partial charge in [-0.3, -0.25) is 9.52 Å². The molecule has 0 heterocycles. The zero-order valence-electron chi connectivity index (χ0n) is 19.1. The van der Waals surface area contributed by atoms with Gasteiger partial charge in [0.1, 0.15) is 16.4 Å². The van der Waals surface area contributed by atoms with Gasteiger partial charge in [-0.2, -0.15) is 0 Å². The predicted octanol–water partition coefficient (Wildman–Crippen LogP) is 6.80. The highest BCUT2D eigenvalue weighted by molar-refractivity contribution is 7.92. The Morgan fingerprint density at radius 2 is 1.43 bits per heavy atom. The molecule has 4 rings (SSSR count). The second-order valence-electron chi connectivity index (χ2n) is 7.94. The first-order chi connectivity index (χ1) is 16.7. The van der Waals surface area contributed by atoms with Crippen LogP contribution in [0.15, 0.2) is 95.9 Å². The van der Waals surface area contributed by atoms with Crippen molar-refractivity contribution in [3.63, 3.8) is 0 Å². The number of benzene rings is 4. The maximum absolute atomic E-state index is 13.0. The summed E-state index contributed by atoms with van der Waals surface area (Å²) in [4.78, 5) is 12.6. The van der Waals surface area contributed by atoms with Crippen molar-refractivity contribution < 1.29 is 17.9 Å². The fourth-order valence-corrected chi connectivity index (χ4v) is 4.88. The Labute approximate surface area is 209 Å². The number of rotatable bonds is 7. The lowest BCUT2D eigenvalue weighted by Gasteiger charge is -2.13. The Bertz CT molecular complexity index is 1470. The summed E-state index contributed by atoms with van der Waals surface area (Å²) >= 11 is 6.19. The number of hydrogen-bond acceptors (Lipinski definition) is 4. The number of sulfonamides is 1. The van der Waals surface area contributed by atoms with E-state index < -0.39 is 15.9 Å². The molecule has 0 unspecified atom stereocenters. The van der Waals surface area contributed by atoms with E-state index in [0.29, 0.717) is 22.9 Å². The molecule has 0 radical (unpaired) electrons. The number of ether oxygens (including phenoxy) is 1. The van der Waals surface area contributed by atoms with Crippen LogP contribution in [0.25, 0.3) is 0 Å². The lowest BCUT2D eigenvalue weighted by Crippen LogP contribution is -2.16. The number of amides is 1. The van der Waals surface area contributed by atoms with Gasteiger partial charge >= 0.3 is 0 Å². The van der Waals surface area contributed by atoms with Crippen LogP contribution in [-0.4, -0.2) is 14.3 Å². The van der Waals surface area contributed by atoms with Gasteiger partial charge in [-0.15, -0.1) is 0 Å². The molecule has 6 nitrogen and oxygen atoms in total. The molecule has 0 aliphatic heterocycles. The number of carbonyl (C=O) groups is 1. The van der Waals surface area contributed by atoms with E-state index in [1.54, 1.807) is 36.4 Å². The lowest BCUT2D eigenvalue weighted by molar-refractivity contribution is 0.102. The first kappa shape index (κ1) is 24.3. The molecule has 0 aliphatic rings. The highest BCUT2D eigenvalue weighted by Crippen LogP contribution is 2.27. The minimum atomic E-state index is -4.02. The van der Waals surface area contributed by atoms with E-state index in [1.165, 1.54) is 18.2 Å². The van der Waals surface area contributed by atoms with Crippen LogP contribution in [0, 0.1) is 13.8 Å². The molecule has 35 heavy (non-hydrogen) atoms. The molecule has 0 spiro atoms. The molecule has 0 atom stereocenters. The molecule has 2 N–H and O–H groups in total. The summed E-state index contributed by atoms with van der Waals surface area (Å²) in [6, 6.07) is 25.6. The third kappa shape index (κ3) is 6.01. The van der Waals surface area contributed by atoms with Crippen LogP contribution in [0.3, 0.4) is 0 Å². The second kappa shape index (κ2) is 10.2. The molecule has 0 fully saturated rings. The minimum absolute atomic E-state index is 0.0142. The first-order valence-electron chi connectivity index (χ1n) is 10.8. The molecular weight excluding hydrogens is 484 g/mol. The molecule has 0 saturated carbocycles. The zero-order chi connectivity index (χ0) is 25.0. The van der Waals surface area contributed by atoms with E-state index in [2.05, 4.69) is 10.0 Å². The number of para-hydroxylation sites is 1. The van der Waals surface area contributed by atoms with Crippen molar-refractivity contribution in [2.75, 3.05) is 10.0 Å². The summed E-state index contributed by atoms with van der Waals surface area (Å²) in [5, 5.41) is 2.77. The van der Waals surface area contributed by atoms with E-state index in [1.807, 2.05) is 50.2 Å². The number of anilines is 2. The van der Waals surface area contributed by atoms with Crippen molar-refractivity contribution in [2.24, 2.45) is 0 Å². The van der Waals surface area contributed by atoms with Gasteiger partial charge in [0, 0.05) is 16.9 Å². The number of aryl methyl sites for hydroxylation is 2. The van der Waals surface area contributed by atoms with Gasteiger partial charge in [-0.1, -0.05) is 35.9 Å². The van der Waals surface area contributed by atoms with Crippen LogP contribution in [-0.2, 0) is 10.0 Å². The van der Waals surface area contributed by atoms with Crippen LogP contribution in [0.1, 0.15) is 21.5 Å². The fourth-order valence-electron chi connectivity index (χ4n) is 3.30. The van der Waals surface area contributed by atoms with Gasteiger partial charge in [-0.25, -0.2) is 8.42 Å². The molecule has 0 bridgehead atoms. The number of hydrogen-bond donors (Lipinski definition) is 2. The molecular formula is C27H23ClN2O4S. The summed E-state index contributed by atoms with van der Waals surface area (Å²) in [5.74, 6) is 0.848. The van der Waals surface area contributed by atoms with Crippen molar-refractivity contribution in [1.29, 1.82) is 0 Å². The molecule has 8 heteroatoms. The lowest BCUT2D eigenvalue weighted by atomic mass is 10.1. The molecule has 4 aromatic carbocycles. The van der Waals surface area contributed by atoms with E-state index >= 15 is 0 Å². The molecule has 4 aromatic rings. The summed E-state index contributed by atoms with van der Waals surface area (Å²) in [5.41, 5.74) is 3.09.